The number of aliphatic hydroxyl groups is 1. The molecule has 0 fully saturated rings. The van der Waals surface area contributed by atoms with Gasteiger partial charge in [-0.15, -0.1) is 0 Å². The molecule has 0 aromatic heterocycles. The molecule has 0 aromatic carbocycles. The summed E-state index contributed by atoms with van der Waals surface area (Å²) in [4.78, 5) is 0. The molecule has 0 rings (SSSR count). The highest BCUT2D eigenvalue weighted by Gasteiger charge is 2.21. The first-order valence-corrected chi connectivity index (χ1v) is 5.06. The van der Waals surface area contributed by atoms with Gasteiger partial charge in [-0.1, -0.05) is 20.8 Å². The quantitative estimate of drug-likeness (QED) is 0.538. The summed E-state index contributed by atoms with van der Waals surface area (Å²) in [5, 5.41) is 12.0. The van der Waals surface area contributed by atoms with E-state index in [1.54, 1.807) is 0 Å². The molecule has 3 heteroatoms. The van der Waals surface area contributed by atoms with Crippen LogP contribution in [-0.2, 0) is 0 Å². The molecule has 0 spiro atoms. The zero-order chi connectivity index (χ0) is 10.3. The molecule has 13 heavy (non-hydrogen) atoms. The average molecular weight is 188 g/mol. The summed E-state index contributed by atoms with van der Waals surface area (Å²) in [5.41, 5.74) is 5.88. The lowest BCUT2D eigenvalue weighted by Gasteiger charge is -2.30. The molecule has 0 aliphatic heterocycles. The molecule has 0 amide bonds. The van der Waals surface area contributed by atoms with E-state index in [0.29, 0.717) is 12.6 Å². The van der Waals surface area contributed by atoms with Gasteiger partial charge in [0.1, 0.15) is 0 Å². The molecule has 0 heterocycles. The third kappa shape index (κ3) is 6.02. The number of nitrogens with one attached hydrogen (secondary N) is 1. The molecule has 1 unspecified atom stereocenters. The molecule has 0 saturated heterocycles. The van der Waals surface area contributed by atoms with Crippen LogP contribution in [0.15, 0.2) is 0 Å². The van der Waals surface area contributed by atoms with Crippen LogP contribution in [-0.4, -0.2) is 30.8 Å². The fraction of sp³-hybridized carbons (Fsp3) is 1.00. The van der Waals surface area contributed by atoms with Gasteiger partial charge in [0.05, 0.1) is 0 Å². The van der Waals surface area contributed by atoms with Gasteiger partial charge in [0.15, 0.2) is 0 Å². The summed E-state index contributed by atoms with van der Waals surface area (Å²) in [7, 11) is 0. The minimum Gasteiger partial charge on any atom is -0.396 e. The van der Waals surface area contributed by atoms with E-state index in [0.717, 1.165) is 19.4 Å². The maximum Gasteiger partial charge on any atom is 0.0431 e. The first-order valence-electron chi connectivity index (χ1n) is 5.06. The number of hydrogen-bond donors (Lipinski definition) is 3. The van der Waals surface area contributed by atoms with Gasteiger partial charge in [-0.05, 0) is 24.8 Å². The van der Waals surface area contributed by atoms with E-state index in [9.17, 15) is 0 Å². The van der Waals surface area contributed by atoms with Gasteiger partial charge < -0.3 is 16.2 Å². The van der Waals surface area contributed by atoms with Crippen LogP contribution in [0.3, 0.4) is 0 Å². The molecule has 3 nitrogen and oxygen atoms in total. The molecule has 0 radical (unpaired) electrons. The summed E-state index contributed by atoms with van der Waals surface area (Å²) in [6, 6.07) is 0.367. The molecule has 0 saturated carbocycles. The Balaban J connectivity index is 3.61. The summed E-state index contributed by atoms with van der Waals surface area (Å²) < 4.78 is 0. The second-order valence-corrected chi connectivity index (χ2v) is 4.54. The summed E-state index contributed by atoms with van der Waals surface area (Å²) in [6.07, 6.45) is 1.89. The van der Waals surface area contributed by atoms with Gasteiger partial charge in [-0.3, -0.25) is 0 Å². The molecule has 0 aliphatic rings. The Bertz CT molecular complexity index is 121. The third-order valence-corrected chi connectivity index (χ3v) is 2.26. The minimum absolute atomic E-state index is 0.216. The van der Waals surface area contributed by atoms with E-state index in [2.05, 4.69) is 26.1 Å². The van der Waals surface area contributed by atoms with Crippen molar-refractivity contribution in [3.8, 4) is 0 Å². The maximum absolute atomic E-state index is 8.60. The van der Waals surface area contributed by atoms with Gasteiger partial charge in [0, 0.05) is 19.2 Å². The van der Waals surface area contributed by atoms with Crippen molar-refractivity contribution in [1.82, 2.24) is 5.32 Å². The molecule has 4 N–H and O–H groups in total. The standard InChI is InChI=1S/C10H24N2O/c1-10(2,3)9(8-11)12-6-4-5-7-13/h9,12-13H,4-8,11H2,1-3H3. The van der Waals surface area contributed by atoms with Crippen LogP contribution in [0.5, 0.6) is 0 Å². The van der Waals surface area contributed by atoms with Crippen molar-refractivity contribution in [2.45, 2.75) is 39.7 Å². The molecule has 0 aliphatic carbocycles. The van der Waals surface area contributed by atoms with Gasteiger partial charge in [-0.25, -0.2) is 0 Å². The van der Waals surface area contributed by atoms with E-state index in [-0.39, 0.29) is 12.0 Å². The molecule has 0 aromatic rings. The normalized spacial score (nSPS) is 14.5. The van der Waals surface area contributed by atoms with Crippen molar-refractivity contribution in [1.29, 1.82) is 0 Å². The van der Waals surface area contributed by atoms with Crippen LogP contribution in [0.4, 0.5) is 0 Å². The smallest absolute Gasteiger partial charge is 0.0431 e. The summed E-state index contributed by atoms with van der Waals surface area (Å²) >= 11 is 0. The summed E-state index contributed by atoms with van der Waals surface area (Å²) in [6.45, 7) is 8.45. The number of rotatable bonds is 6. The Morgan fingerprint density at radius 2 is 1.92 bits per heavy atom. The maximum atomic E-state index is 8.60. The van der Waals surface area contributed by atoms with Crippen molar-refractivity contribution in [3.05, 3.63) is 0 Å². The fourth-order valence-corrected chi connectivity index (χ4v) is 1.26. The predicted molar refractivity (Wildman–Crippen MR) is 56.6 cm³/mol. The Labute approximate surface area is 81.7 Å². The highest BCUT2D eigenvalue weighted by molar-refractivity contribution is 4.80. The van der Waals surface area contributed by atoms with Crippen LogP contribution in [0.2, 0.25) is 0 Å². The number of unbranched alkanes of at least 4 members (excludes halogenated alkanes) is 1. The first kappa shape index (κ1) is 12.9. The zero-order valence-electron chi connectivity index (χ0n) is 9.14. The van der Waals surface area contributed by atoms with Gasteiger partial charge in [-0.2, -0.15) is 0 Å². The van der Waals surface area contributed by atoms with E-state index >= 15 is 0 Å². The van der Waals surface area contributed by atoms with E-state index in [1.807, 2.05) is 0 Å². The lowest BCUT2D eigenvalue weighted by molar-refractivity contribution is 0.259. The fourth-order valence-electron chi connectivity index (χ4n) is 1.26. The van der Waals surface area contributed by atoms with Crippen molar-refractivity contribution >= 4 is 0 Å². The average Bonchev–Trinajstić information content (AvgIpc) is 2.02. The van der Waals surface area contributed by atoms with E-state index < -0.39 is 0 Å². The molecular weight excluding hydrogens is 164 g/mol. The molecular formula is C10H24N2O. The van der Waals surface area contributed by atoms with Crippen LogP contribution in [0, 0.1) is 5.41 Å². The summed E-state index contributed by atoms with van der Waals surface area (Å²) in [5.74, 6) is 0. The van der Waals surface area contributed by atoms with Gasteiger partial charge in [0.25, 0.3) is 0 Å². The Morgan fingerprint density at radius 1 is 1.31 bits per heavy atom. The first-order chi connectivity index (χ1) is 6.02. The van der Waals surface area contributed by atoms with Crippen LogP contribution < -0.4 is 11.1 Å². The monoisotopic (exact) mass is 188 g/mol. The Kier molecular flexibility index (Phi) is 6.29. The molecule has 0 bridgehead atoms. The second kappa shape index (κ2) is 6.35. The lowest BCUT2D eigenvalue weighted by Crippen LogP contribution is -2.46. The molecule has 1 atom stereocenters. The van der Waals surface area contributed by atoms with Crippen molar-refractivity contribution in [3.63, 3.8) is 0 Å². The minimum atomic E-state index is 0.216. The van der Waals surface area contributed by atoms with Crippen LogP contribution in [0.25, 0.3) is 0 Å². The van der Waals surface area contributed by atoms with E-state index in [4.69, 9.17) is 10.8 Å². The number of aliphatic hydroxyl groups excluding tert-OH is 1. The topological polar surface area (TPSA) is 58.3 Å². The van der Waals surface area contributed by atoms with Crippen molar-refractivity contribution in [2.24, 2.45) is 11.1 Å². The highest BCUT2D eigenvalue weighted by Crippen LogP contribution is 2.17. The Morgan fingerprint density at radius 3 is 2.31 bits per heavy atom. The SMILES string of the molecule is CC(C)(C)C(CN)NCCCCO. The van der Waals surface area contributed by atoms with Crippen molar-refractivity contribution in [2.75, 3.05) is 19.7 Å². The predicted octanol–water partition coefficient (Wildman–Crippen LogP) is 0.722. The third-order valence-electron chi connectivity index (χ3n) is 2.26. The van der Waals surface area contributed by atoms with Crippen LogP contribution in [0.1, 0.15) is 33.6 Å². The molecule has 80 valence electrons. The highest BCUT2D eigenvalue weighted by atomic mass is 16.2. The van der Waals surface area contributed by atoms with Gasteiger partial charge >= 0.3 is 0 Å². The van der Waals surface area contributed by atoms with E-state index in [1.165, 1.54) is 0 Å². The van der Waals surface area contributed by atoms with Gasteiger partial charge in [0.2, 0.25) is 0 Å². The Hall–Kier alpha value is -0.120. The zero-order valence-corrected chi connectivity index (χ0v) is 9.14. The number of hydrogen-bond acceptors (Lipinski definition) is 3. The van der Waals surface area contributed by atoms with Crippen LogP contribution >= 0.6 is 0 Å². The second-order valence-electron chi connectivity index (χ2n) is 4.54. The van der Waals surface area contributed by atoms with Crippen molar-refractivity contribution < 1.29 is 5.11 Å². The largest absolute Gasteiger partial charge is 0.396 e. The lowest BCUT2D eigenvalue weighted by atomic mass is 9.87. The number of nitrogens with two attached hydrogens (primary N) is 1.